The second kappa shape index (κ2) is 4.90. The summed E-state index contributed by atoms with van der Waals surface area (Å²) in [5.41, 5.74) is 9.08. The minimum Gasteiger partial charge on any atom is -0.398 e. The Hall–Kier alpha value is -1.88. The van der Waals surface area contributed by atoms with Crippen LogP contribution in [0.2, 0.25) is 0 Å². The van der Waals surface area contributed by atoms with E-state index in [1.807, 2.05) is 29.7 Å². The fourth-order valence-electron chi connectivity index (χ4n) is 2.32. The Balaban J connectivity index is 2.27. The average Bonchev–Trinajstić information content (AvgIpc) is 2.79. The van der Waals surface area contributed by atoms with E-state index in [0.29, 0.717) is 12.2 Å². The van der Waals surface area contributed by atoms with Crippen LogP contribution in [0.4, 0.5) is 10.1 Å². The minimum absolute atomic E-state index is 0.256. The first-order valence-electron chi connectivity index (χ1n) is 6.31. The van der Waals surface area contributed by atoms with Crippen LogP contribution in [0.25, 0.3) is 22.4 Å². The van der Waals surface area contributed by atoms with Crippen LogP contribution >= 0.6 is 15.9 Å². The summed E-state index contributed by atoms with van der Waals surface area (Å²) in [5, 5.41) is 0. The minimum atomic E-state index is -0.256. The van der Waals surface area contributed by atoms with Crippen LogP contribution < -0.4 is 5.73 Å². The van der Waals surface area contributed by atoms with Crippen LogP contribution in [0.15, 0.2) is 40.9 Å². The predicted molar refractivity (Wildman–Crippen MR) is 82.9 cm³/mol. The van der Waals surface area contributed by atoms with Gasteiger partial charge in [-0.05, 0) is 59.3 Å². The van der Waals surface area contributed by atoms with Crippen molar-refractivity contribution in [3.05, 3.63) is 46.7 Å². The van der Waals surface area contributed by atoms with Crippen molar-refractivity contribution in [1.82, 2.24) is 9.55 Å². The zero-order valence-corrected chi connectivity index (χ0v) is 12.5. The van der Waals surface area contributed by atoms with Gasteiger partial charge in [-0.25, -0.2) is 9.37 Å². The highest BCUT2D eigenvalue weighted by atomic mass is 79.9. The number of nitrogen functional groups attached to an aromatic ring is 1. The number of fused-ring (bicyclic) bond motifs is 1. The van der Waals surface area contributed by atoms with Crippen LogP contribution in [-0.4, -0.2) is 9.55 Å². The first-order chi connectivity index (χ1) is 9.60. The maximum atomic E-state index is 13.4. The number of hydrogen-bond donors (Lipinski definition) is 1. The number of nitrogens with zero attached hydrogens (tertiary/aromatic N) is 2. The van der Waals surface area contributed by atoms with Gasteiger partial charge >= 0.3 is 0 Å². The second-order valence-electron chi connectivity index (χ2n) is 4.55. The normalized spacial score (nSPS) is 11.2. The number of imidazole rings is 1. The summed E-state index contributed by atoms with van der Waals surface area (Å²) in [6.07, 6.45) is 0. The number of anilines is 1. The fraction of sp³-hybridized carbons (Fsp3) is 0.133. The van der Waals surface area contributed by atoms with Crippen molar-refractivity contribution in [3.63, 3.8) is 0 Å². The highest BCUT2D eigenvalue weighted by molar-refractivity contribution is 9.10. The summed E-state index contributed by atoms with van der Waals surface area (Å²) >= 11 is 3.38. The van der Waals surface area contributed by atoms with Crippen molar-refractivity contribution in [2.24, 2.45) is 0 Å². The molecule has 0 saturated heterocycles. The Morgan fingerprint density at radius 3 is 2.75 bits per heavy atom. The van der Waals surface area contributed by atoms with Gasteiger partial charge in [0.25, 0.3) is 0 Å². The molecule has 0 atom stereocenters. The highest BCUT2D eigenvalue weighted by Crippen LogP contribution is 2.29. The van der Waals surface area contributed by atoms with Crippen molar-refractivity contribution >= 4 is 32.7 Å². The van der Waals surface area contributed by atoms with Gasteiger partial charge in [-0.2, -0.15) is 0 Å². The molecule has 102 valence electrons. The van der Waals surface area contributed by atoms with E-state index in [9.17, 15) is 4.39 Å². The molecule has 0 aliphatic rings. The third-order valence-corrected chi connectivity index (χ3v) is 4.00. The summed E-state index contributed by atoms with van der Waals surface area (Å²) < 4.78 is 16.3. The first kappa shape index (κ1) is 13.1. The van der Waals surface area contributed by atoms with Crippen molar-refractivity contribution in [2.45, 2.75) is 13.5 Å². The van der Waals surface area contributed by atoms with Crippen molar-refractivity contribution in [2.75, 3.05) is 5.73 Å². The first-order valence-corrected chi connectivity index (χ1v) is 7.10. The molecule has 0 bridgehead atoms. The lowest BCUT2D eigenvalue weighted by Crippen LogP contribution is -1.98. The Morgan fingerprint density at radius 1 is 1.25 bits per heavy atom. The third-order valence-electron chi connectivity index (χ3n) is 3.28. The van der Waals surface area contributed by atoms with Crippen molar-refractivity contribution < 1.29 is 4.39 Å². The zero-order valence-electron chi connectivity index (χ0n) is 10.9. The van der Waals surface area contributed by atoms with Gasteiger partial charge < -0.3 is 10.3 Å². The topological polar surface area (TPSA) is 43.8 Å². The molecule has 20 heavy (non-hydrogen) atoms. The number of hydrogen-bond acceptors (Lipinski definition) is 2. The molecule has 0 amide bonds. The molecule has 2 N–H and O–H groups in total. The Morgan fingerprint density at radius 2 is 2.05 bits per heavy atom. The molecular formula is C15H13BrFN3. The van der Waals surface area contributed by atoms with Crippen molar-refractivity contribution in [3.8, 4) is 11.4 Å². The van der Waals surface area contributed by atoms with Crippen LogP contribution in [0.1, 0.15) is 6.92 Å². The molecule has 0 radical (unpaired) electrons. The third kappa shape index (κ3) is 2.08. The van der Waals surface area contributed by atoms with Crippen LogP contribution in [0, 0.1) is 5.82 Å². The summed E-state index contributed by atoms with van der Waals surface area (Å²) in [4.78, 5) is 4.59. The van der Waals surface area contributed by atoms with Gasteiger partial charge in [0, 0.05) is 22.3 Å². The van der Waals surface area contributed by atoms with Gasteiger partial charge in [0.15, 0.2) is 0 Å². The summed E-state index contributed by atoms with van der Waals surface area (Å²) in [6.45, 7) is 2.73. The van der Waals surface area contributed by atoms with Crippen LogP contribution in [0.5, 0.6) is 0 Å². The lowest BCUT2D eigenvalue weighted by atomic mass is 10.2. The van der Waals surface area contributed by atoms with Crippen LogP contribution in [-0.2, 0) is 6.54 Å². The van der Waals surface area contributed by atoms with E-state index < -0.39 is 0 Å². The Bertz CT molecular complexity index is 795. The molecule has 5 heteroatoms. The van der Waals surface area contributed by atoms with Crippen LogP contribution in [0.3, 0.4) is 0 Å². The number of halogens is 2. The maximum absolute atomic E-state index is 13.4. The molecule has 1 aromatic heterocycles. The van der Waals surface area contributed by atoms with E-state index >= 15 is 0 Å². The number of rotatable bonds is 2. The summed E-state index contributed by atoms with van der Waals surface area (Å²) in [6, 6.07) is 10.3. The Labute approximate surface area is 124 Å². The van der Waals surface area contributed by atoms with Gasteiger partial charge in [0.05, 0.1) is 11.0 Å². The number of aromatic nitrogens is 2. The van der Waals surface area contributed by atoms with E-state index in [4.69, 9.17) is 5.73 Å². The molecule has 0 aliphatic heterocycles. The largest absolute Gasteiger partial charge is 0.398 e. The van der Waals surface area contributed by atoms with E-state index in [2.05, 4.69) is 20.9 Å². The standard InChI is InChI=1S/C15H13BrFN3/c1-2-20-14-8-10(17)4-6-13(14)19-15(20)9-3-5-11(16)12(18)7-9/h3-8H,2,18H2,1H3. The zero-order chi connectivity index (χ0) is 14.3. The van der Waals surface area contributed by atoms with Gasteiger partial charge in [-0.15, -0.1) is 0 Å². The molecule has 0 saturated carbocycles. The van der Waals surface area contributed by atoms with E-state index in [1.165, 1.54) is 12.1 Å². The van der Waals surface area contributed by atoms with Gasteiger partial charge in [-0.1, -0.05) is 0 Å². The smallest absolute Gasteiger partial charge is 0.141 e. The predicted octanol–water partition coefficient (Wildman–Crippen LogP) is 4.21. The molecule has 3 nitrogen and oxygen atoms in total. The van der Waals surface area contributed by atoms with Gasteiger partial charge in [-0.3, -0.25) is 0 Å². The molecule has 0 fully saturated rings. The van der Waals surface area contributed by atoms with E-state index in [-0.39, 0.29) is 5.82 Å². The van der Waals surface area contributed by atoms with E-state index in [1.54, 1.807) is 6.07 Å². The fourth-order valence-corrected chi connectivity index (χ4v) is 2.57. The molecule has 0 spiro atoms. The molecular weight excluding hydrogens is 321 g/mol. The SMILES string of the molecule is CCn1c(-c2ccc(Br)c(N)c2)nc2ccc(F)cc21. The van der Waals surface area contributed by atoms with E-state index in [0.717, 1.165) is 26.9 Å². The molecule has 1 heterocycles. The molecule has 3 aromatic rings. The molecule has 2 aromatic carbocycles. The lowest BCUT2D eigenvalue weighted by molar-refractivity contribution is 0.628. The highest BCUT2D eigenvalue weighted by Gasteiger charge is 2.12. The summed E-state index contributed by atoms with van der Waals surface area (Å²) in [5.74, 6) is 0.543. The second-order valence-corrected chi connectivity index (χ2v) is 5.40. The maximum Gasteiger partial charge on any atom is 0.141 e. The summed E-state index contributed by atoms with van der Waals surface area (Å²) in [7, 11) is 0. The monoisotopic (exact) mass is 333 g/mol. The Kier molecular flexibility index (Phi) is 3.22. The number of benzene rings is 2. The van der Waals surface area contributed by atoms with Gasteiger partial charge in [0.2, 0.25) is 0 Å². The molecule has 0 aliphatic carbocycles. The van der Waals surface area contributed by atoms with Gasteiger partial charge in [0.1, 0.15) is 11.6 Å². The lowest BCUT2D eigenvalue weighted by Gasteiger charge is -2.07. The molecule has 3 rings (SSSR count). The van der Waals surface area contributed by atoms with Crippen molar-refractivity contribution in [1.29, 1.82) is 0 Å². The number of nitrogens with two attached hydrogens (primary N) is 1. The molecule has 0 unspecified atom stereocenters. The number of aryl methyl sites for hydroxylation is 1. The average molecular weight is 334 g/mol. The quantitative estimate of drug-likeness (QED) is 0.714.